The maximum atomic E-state index is 12.7. The van der Waals surface area contributed by atoms with Gasteiger partial charge in [-0.05, 0) is 75.2 Å². The predicted octanol–water partition coefficient (Wildman–Crippen LogP) is 4.39. The molecule has 1 saturated heterocycles. The fraction of sp³-hybridized carbons (Fsp3) is 0.682. The van der Waals surface area contributed by atoms with Gasteiger partial charge in [0.15, 0.2) is 5.78 Å². The number of benzene rings is 1. The van der Waals surface area contributed by atoms with E-state index < -0.39 is 12.7 Å². The molecule has 0 radical (unpaired) electrons. The minimum atomic E-state index is -4.14. The number of carbonyl (C=O) groups excluding carboxylic acids is 1. The molecule has 2 atom stereocenters. The molecule has 28 heavy (non-hydrogen) atoms. The molecule has 3 nitrogen and oxygen atoms in total. The van der Waals surface area contributed by atoms with Gasteiger partial charge in [0.2, 0.25) is 0 Å². The molecule has 2 aliphatic carbocycles. The zero-order chi connectivity index (χ0) is 19.7. The fourth-order valence-electron chi connectivity index (χ4n) is 4.35. The number of carbonyl (C=O) groups is 1. The molecule has 0 aromatic heterocycles. The predicted molar refractivity (Wildman–Crippen MR) is 102 cm³/mol. The van der Waals surface area contributed by atoms with E-state index in [2.05, 4.69) is 11.4 Å². The van der Waals surface area contributed by atoms with Crippen molar-refractivity contribution in [3.8, 4) is 0 Å². The van der Waals surface area contributed by atoms with Crippen molar-refractivity contribution >= 4 is 5.78 Å². The first-order valence-corrected chi connectivity index (χ1v) is 10.5. The van der Waals surface area contributed by atoms with E-state index in [0.717, 1.165) is 24.4 Å². The number of nitrogens with zero attached hydrogens (tertiary/aromatic N) is 1. The number of ketones is 1. The fourth-order valence-corrected chi connectivity index (χ4v) is 4.35. The second kappa shape index (κ2) is 8.15. The largest absolute Gasteiger partial charge is 0.401 e. The van der Waals surface area contributed by atoms with E-state index >= 15 is 0 Å². The van der Waals surface area contributed by atoms with Crippen molar-refractivity contribution in [2.45, 2.75) is 56.7 Å². The Kier molecular flexibility index (Phi) is 5.79. The van der Waals surface area contributed by atoms with Gasteiger partial charge in [0.05, 0.1) is 6.54 Å². The average molecular weight is 394 g/mol. The summed E-state index contributed by atoms with van der Waals surface area (Å²) in [6.45, 7) is 1.13. The molecule has 1 heterocycles. The molecule has 0 spiro atoms. The van der Waals surface area contributed by atoms with Crippen molar-refractivity contribution in [3.05, 3.63) is 35.4 Å². The number of rotatable bonds is 8. The molecule has 0 amide bonds. The normalized spacial score (nSPS) is 26.4. The molecule has 154 valence electrons. The molecule has 6 heteroatoms. The lowest BCUT2D eigenvalue weighted by Gasteiger charge is -2.32. The number of piperidine rings is 1. The molecular weight excluding hydrogens is 365 g/mol. The van der Waals surface area contributed by atoms with Crippen molar-refractivity contribution in [3.63, 3.8) is 0 Å². The Morgan fingerprint density at radius 2 is 1.86 bits per heavy atom. The van der Waals surface area contributed by atoms with Crippen molar-refractivity contribution in [2.24, 2.45) is 11.8 Å². The second-order valence-corrected chi connectivity index (χ2v) is 8.89. The maximum absolute atomic E-state index is 12.7. The van der Waals surface area contributed by atoms with Crippen LogP contribution in [0.2, 0.25) is 0 Å². The number of likely N-dealkylation sites (tertiary alicyclic amines) is 1. The Bertz CT molecular complexity index is 693. The van der Waals surface area contributed by atoms with Gasteiger partial charge in [0.25, 0.3) is 0 Å². The highest BCUT2D eigenvalue weighted by Crippen LogP contribution is 2.42. The number of halogens is 3. The number of Topliss-reactive ketones (excluding diaryl/α,β-unsaturated/α-hetero) is 1. The van der Waals surface area contributed by atoms with E-state index in [1.165, 1.54) is 23.3 Å². The van der Waals surface area contributed by atoms with Crippen LogP contribution >= 0.6 is 0 Å². The minimum absolute atomic E-state index is 0.124. The molecule has 1 aliphatic heterocycles. The van der Waals surface area contributed by atoms with Crippen molar-refractivity contribution < 1.29 is 18.0 Å². The van der Waals surface area contributed by atoms with Gasteiger partial charge in [-0.15, -0.1) is 0 Å². The van der Waals surface area contributed by atoms with Crippen LogP contribution in [0.15, 0.2) is 24.3 Å². The summed E-state index contributed by atoms with van der Waals surface area (Å²) in [5.41, 5.74) is 1.99. The highest BCUT2D eigenvalue weighted by Gasteiger charge is 2.39. The van der Waals surface area contributed by atoms with Crippen LogP contribution < -0.4 is 5.32 Å². The van der Waals surface area contributed by atoms with E-state index in [1.54, 1.807) is 0 Å². The van der Waals surface area contributed by atoms with E-state index in [0.29, 0.717) is 44.3 Å². The maximum Gasteiger partial charge on any atom is 0.401 e. The smallest absolute Gasteiger partial charge is 0.313 e. The van der Waals surface area contributed by atoms with Crippen molar-refractivity contribution in [2.75, 3.05) is 26.2 Å². The average Bonchev–Trinajstić information content (AvgIpc) is 3.55. The van der Waals surface area contributed by atoms with Gasteiger partial charge in [-0.1, -0.05) is 18.2 Å². The van der Waals surface area contributed by atoms with Crippen LogP contribution in [0.25, 0.3) is 0 Å². The van der Waals surface area contributed by atoms with Crippen LogP contribution in [0, 0.1) is 11.8 Å². The van der Waals surface area contributed by atoms with Crippen LogP contribution in [-0.4, -0.2) is 49.1 Å². The minimum Gasteiger partial charge on any atom is -0.313 e. The molecule has 2 saturated carbocycles. The lowest BCUT2D eigenvalue weighted by Crippen LogP contribution is -2.40. The Balaban J connectivity index is 1.25. The van der Waals surface area contributed by atoms with Gasteiger partial charge < -0.3 is 5.32 Å². The standard InChI is InChI=1S/C22H29F3N2O/c23-22(24,25)14-27-8-6-15(7-9-27)10-21(28)18-3-1-2-17(11-18)19-12-20(19)26-13-16-4-5-16/h1-3,11,15-16,19-20,26H,4-10,12-14H2. The molecule has 0 bridgehead atoms. The monoisotopic (exact) mass is 394 g/mol. The third kappa shape index (κ3) is 5.57. The summed E-state index contributed by atoms with van der Waals surface area (Å²) >= 11 is 0. The Hall–Kier alpha value is -1.40. The summed E-state index contributed by atoms with van der Waals surface area (Å²) in [6.07, 6.45) is 1.47. The van der Waals surface area contributed by atoms with E-state index in [-0.39, 0.29) is 11.7 Å². The summed E-state index contributed by atoms with van der Waals surface area (Å²) in [4.78, 5) is 14.2. The van der Waals surface area contributed by atoms with Crippen LogP contribution in [-0.2, 0) is 0 Å². The van der Waals surface area contributed by atoms with Gasteiger partial charge in [-0.3, -0.25) is 9.69 Å². The molecule has 1 aromatic rings. The number of nitrogens with one attached hydrogen (secondary N) is 1. The Morgan fingerprint density at radius 3 is 2.54 bits per heavy atom. The van der Waals surface area contributed by atoms with E-state index in [4.69, 9.17) is 0 Å². The third-order valence-corrected chi connectivity index (χ3v) is 6.38. The van der Waals surface area contributed by atoms with Gasteiger partial charge in [-0.25, -0.2) is 0 Å². The quantitative estimate of drug-likeness (QED) is 0.664. The first-order valence-electron chi connectivity index (χ1n) is 10.5. The Labute approximate surface area is 164 Å². The molecule has 3 aliphatic rings. The lowest BCUT2D eigenvalue weighted by atomic mass is 9.89. The SMILES string of the molecule is O=C(CC1CCN(CC(F)(F)F)CC1)c1cccc(C2CC2NCC2CC2)c1. The zero-order valence-electron chi connectivity index (χ0n) is 16.2. The summed E-state index contributed by atoms with van der Waals surface area (Å²) in [5.74, 6) is 1.70. The zero-order valence-corrected chi connectivity index (χ0v) is 16.2. The summed E-state index contributed by atoms with van der Waals surface area (Å²) in [7, 11) is 0. The van der Waals surface area contributed by atoms with Gasteiger partial charge in [0, 0.05) is 23.9 Å². The first-order chi connectivity index (χ1) is 13.4. The van der Waals surface area contributed by atoms with Crippen LogP contribution in [0.1, 0.15) is 60.4 Å². The highest BCUT2D eigenvalue weighted by atomic mass is 19.4. The number of hydrogen-bond donors (Lipinski definition) is 1. The third-order valence-electron chi connectivity index (χ3n) is 6.38. The molecule has 2 unspecified atom stereocenters. The molecule has 4 rings (SSSR count). The van der Waals surface area contributed by atoms with E-state index in [1.807, 2.05) is 18.2 Å². The Morgan fingerprint density at radius 1 is 1.11 bits per heavy atom. The second-order valence-electron chi connectivity index (χ2n) is 8.89. The molecular formula is C22H29F3N2O. The van der Waals surface area contributed by atoms with Crippen LogP contribution in [0.3, 0.4) is 0 Å². The number of alkyl halides is 3. The number of hydrogen-bond acceptors (Lipinski definition) is 3. The highest BCUT2D eigenvalue weighted by molar-refractivity contribution is 5.96. The van der Waals surface area contributed by atoms with Crippen molar-refractivity contribution in [1.29, 1.82) is 0 Å². The molecule has 3 fully saturated rings. The van der Waals surface area contributed by atoms with Gasteiger partial charge in [-0.2, -0.15) is 13.2 Å². The first kappa shape index (κ1) is 19.9. The van der Waals surface area contributed by atoms with Crippen molar-refractivity contribution in [1.82, 2.24) is 10.2 Å². The van der Waals surface area contributed by atoms with Crippen LogP contribution in [0.4, 0.5) is 13.2 Å². The summed E-state index contributed by atoms with van der Waals surface area (Å²) < 4.78 is 37.5. The lowest BCUT2D eigenvalue weighted by molar-refractivity contribution is -0.148. The molecule has 1 aromatic carbocycles. The van der Waals surface area contributed by atoms with Crippen LogP contribution in [0.5, 0.6) is 0 Å². The van der Waals surface area contributed by atoms with Gasteiger partial charge in [0.1, 0.15) is 0 Å². The summed E-state index contributed by atoms with van der Waals surface area (Å²) in [5, 5.41) is 3.63. The van der Waals surface area contributed by atoms with Gasteiger partial charge >= 0.3 is 6.18 Å². The summed E-state index contributed by atoms with van der Waals surface area (Å²) in [6, 6.07) is 8.52. The van der Waals surface area contributed by atoms with E-state index in [9.17, 15) is 18.0 Å². The molecule has 1 N–H and O–H groups in total. The topological polar surface area (TPSA) is 32.3 Å².